The largest absolute Gasteiger partial charge is 0.336 e. The van der Waals surface area contributed by atoms with Crippen LogP contribution < -0.4 is 4.90 Å². The van der Waals surface area contributed by atoms with Gasteiger partial charge < -0.3 is 9.80 Å². The Morgan fingerprint density at radius 1 is 0.969 bits per heavy atom. The fourth-order valence-electron chi connectivity index (χ4n) is 4.72. The van der Waals surface area contributed by atoms with E-state index in [1.165, 1.54) is 27.4 Å². The smallest absolute Gasteiger partial charge is 0.258 e. The van der Waals surface area contributed by atoms with Gasteiger partial charge in [-0.05, 0) is 48.2 Å². The Morgan fingerprint density at radius 3 is 2.34 bits per heavy atom. The van der Waals surface area contributed by atoms with Crippen molar-refractivity contribution in [3.05, 3.63) is 57.9 Å². The molecule has 7 nitrogen and oxygen atoms in total. The van der Waals surface area contributed by atoms with Gasteiger partial charge in [0.15, 0.2) is 0 Å². The number of halogens is 2. The fourth-order valence-corrected chi connectivity index (χ4v) is 6.48. The maximum absolute atomic E-state index is 14.1. The van der Waals surface area contributed by atoms with Crippen molar-refractivity contribution in [1.82, 2.24) is 9.21 Å². The molecule has 2 aromatic rings. The molecule has 0 saturated carbocycles. The van der Waals surface area contributed by atoms with Crippen LogP contribution in [0.25, 0.3) is 0 Å². The Labute approximate surface area is 190 Å². The van der Waals surface area contributed by atoms with Crippen LogP contribution in [0.15, 0.2) is 35.2 Å². The number of carbonyl (C=O) groups excluding carboxylic acids is 2. The minimum atomic E-state index is -3.76. The van der Waals surface area contributed by atoms with Gasteiger partial charge in [0.25, 0.3) is 5.91 Å². The van der Waals surface area contributed by atoms with Crippen LogP contribution >= 0.6 is 11.6 Å². The van der Waals surface area contributed by atoms with Gasteiger partial charge in [0.1, 0.15) is 5.82 Å². The highest BCUT2D eigenvalue weighted by Crippen LogP contribution is 2.39. The third kappa shape index (κ3) is 3.39. The lowest BCUT2D eigenvalue weighted by molar-refractivity contribution is -0.118. The molecule has 3 aliphatic heterocycles. The van der Waals surface area contributed by atoms with Crippen LogP contribution in [0.5, 0.6) is 0 Å². The molecule has 2 amide bonds. The summed E-state index contributed by atoms with van der Waals surface area (Å²) in [5, 5.41) is 0.0321. The number of anilines is 1. The predicted octanol–water partition coefficient (Wildman–Crippen LogP) is 2.46. The third-order valence-electron chi connectivity index (χ3n) is 6.37. The zero-order chi connectivity index (χ0) is 22.6. The number of amides is 2. The van der Waals surface area contributed by atoms with Crippen molar-refractivity contribution < 1.29 is 22.4 Å². The van der Waals surface area contributed by atoms with E-state index in [1.54, 1.807) is 17.0 Å². The number of sulfonamides is 1. The van der Waals surface area contributed by atoms with E-state index in [0.29, 0.717) is 25.8 Å². The van der Waals surface area contributed by atoms with Crippen LogP contribution in [-0.2, 0) is 27.7 Å². The van der Waals surface area contributed by atoms with E-state index < -0.39 is 21.7 Å². The Morgan fingerprint density at radius 2 is 1.66 bits per heavy atom. The molecule has 1 saturated heterocycles. The molecular formula is C22H21ClFN3O4S. The number of nitrogens with zero attached hydrogens (tertiary/aromatic N) is 3. The lowest BCUT2D eigenvalue weighted by atomic mass is 10.00. The summed E-state index contributed by atoms with van der Waals surface area (Å²) in [7, 11) is -3.76. The molecule has 0 spiro atoms. The molecule has 1 fully saturated rings. The molecule has 32 heavy (non-hydrogen) atoms. The van der Waals surface area contributed by atoms with E-state index in [4.69, 9.17) is 11.6 Å². The summed E-state index contributed by atoms with van der Waals surface area (Å²) < 4.78 is 42.1. The molecule has 0 aromatic heterocycles. The van der Waals surface area contributed by atoms with Crippen LogP contribution in [0.4, 0.5) is 10.1 Å². The Kier molecular flexibility index (Phi) is 5.22. The van der Waals surface area contributed by atoms with Gasteiger partial charge in [0.05, 0.1) is 21.2 Å². The fraction of sp³-hybridized carbons (Fsp3) is 0.364. The SMILES string of the molecule is O=C(c1c(F)cccc1Cl)N1CCN(S(=O)(=O)c2cc3c4c(c2)CCN4C(=O)CC3)CC1. The highest BCUT2D eigenvalue weighted by atomic mass is 35.5. The summed E-state index contributed by atoms with van der Waals surface area (Å²) in [4.78, 5) is 28.3. The first kappa shape index (κ1) is 21.4. The number of hydrogen-bond donors (Lipinski definition) is 0. The zero-order valence-electron chi connectivity index (χ0n) is 17.2. The van der Waals surface area contributed by atoms with Crippen LogP contribution in [-0.4, -0.2) is 62.2 Å². The maximum Gasteiger partial charge on any atom is 0.258 e. The normalized spacial score (nSPS) is 18.8. The topological polar surface area (TPSA) is 78.0 Å². The lowest BCUT2D eigenvalue weighted by Crippen LogP contribution is -2.50. The maximum atomic E-state index is 14.1. The molecule has 0 bridgehead atoms. The quantitative estimate of drug-likeness (QED) is 0.680. The second-order valence-electron chi connectivity index (χ2n) is 8.18. The molecule has 0 atom stereocenters. The van der Waals surface area contributed by atoms with Gasteiger partial charge in [-0.1, -0.05) is 17.7 Å². The monoisotopic (exact) mass is 477 g/mol. The van der Waals surface area contributed by atoms with Gasteiger partial charge in [-0.3, -0.25) is 9.59 Å². The molecule has 2 aromatic carbocycles. The van der Waals surface area contributed by atoms with E-state index in [0.717, 1.165) is 16.8 Å². The number of rotatable bonds is 3. The van der Waals surface area contributed by atoms with Crippen molar-refractivity contribution in [3.8, 4) is 0 Å². The van der Waals surface area contributed by atoms with Crippen LogP contribution in [0.3, 0.4) is 0 Å². The number of carbonyl (C=O) groups is 2. The average Bonchev–Trinajstić information content (AvgIpc) is 3.21. The van der Waals surface area contributed by atoms with Crippen molar-refractivity contribution >= 4 is 39.1 Å². The van der Waals surface area contributed by atoms with E-state index in [-0.39, 0.29) is 47.6 Å². The Bertz CT molecular complexity index is 1220. The summed E-state index contributed by atoms with van der Waals surface area (Å²) in [6, 6.07) is 7.40. The molecule has 168 valence electrons. The highest BCUT2D eigenvalue weighted by molar-refractivity contribution is 7.89. The number of benzene rings is 2. The van der Waals surface area contributed by atoms with Gasteiger partial charge in [-0.25, -0.2) is 12.8 Å². The first-order valence-corrected chi connectivity index (χ1v) is 12.3. The number of piperazine rings is 1. The summed E-state index contributed by atoms with van der Waals surface area (Å²) in [5.74, 6) is -1.16. The molecule has 0 N–H and O–H groups in total. The Hall–Kier alpha value is -2.49. The zero-order valence-corrected chi connectivity index (χ0v) is 18.8. The number of hydrogen-bond acceptors (Lipinski definition) is 4. The summed E-state index contributed by atoms with van der Waals surface area (Å²) in [6.07, 6.45) is 1.56. The van der Waals surface area contributed by atoms with E-state index in [1.807, 2.05) is 0 Å². The van der Waals surface area contributed by atoms with E-state index in [9.17, 15) is 22.4 Å². The summed E-state index contributed by atoms with van der Waals surface area (Å²) in [6.45, 7) is 1.09. The minimum absolute atomic E-state index is 0.0321. The molecule has 3 aliphatic rings. The van der Waals surface area contributed by atoms with Gasteiger partial charge in [-0.2, -0.15) is 4.31 Å². The Balaban J connectivity index is 1.35. The molecule has 3 heterocycles. The second kappa shape index (κ2) is 7.83. The second-order valence-corrected chi connectivity index (χ2v) is 10.5. The lowest BCUT2D eigenvalue weighted by Gasteiger charge is -2.34. The summed E-state index contributed by atoms with van der Waals surface area (Å²) in [5.41, 5.74) is 2.46. The van der Waals surface area contributed by atoms with Crippen molar-refractivity contribution in [1.29, 1.82) is 0 Å². The first-order chi connectivity index (χ1) is 15.3. The molecule has 0 unspecified atom stereocenters. The average molecular weight is 478 g/mol. The van der Waals surface area contributed by atoms with Crippen molar-refractivity contribution in [2.24, 2.45) is 0 Å². The molecular weight excluding hydrogens is 457 g/mol. The molecule has 0 aliphatic carbocycles. The van der Waals surface area contributed by atoms with Crippen LogP contribution in [0.1, 0.15) is 27.9 Å². The van der Waals surface area contributed by atoms with Gasteiger partial charge in [-0.15, -0.1) is 0 Å². The van der Waals surface area contributed by atoms with Gasteiger partial charge in [0, 0.05) is 39.1 Å². The first-order valence-electron chi connectivity index (χ1n) is 10.5. The molecule has 5 rings (SSSR count). The highest BCUT2D eigenvalue weighted by Gasteiger charge is 2.36. The van der Waals surface area contributed by atoms with Crippen molar-refractivity contribution in [2.45, 2.75) is 24.2 Å². The predicted molar refractivity (Wildman–Crippen MR) is 117 cm³/mol. The van der Waals surface area contributed by atoms with Crippen LogP contribution in [0, 0.1) is 5.82 Å². The van der Waals surface area contributed by atoms with Gasteiger partial charge in [0.2, 0.25) is 15.9 Å². The minimum Gasteiger partial charge on any atom is -0.336 e. The molecule has 10 heteroatoms. The van der Waals surface area contributed by atoms with E-state index >= 15 is 0 Å². The van der Waals surface area contributed by atoms with Crippen molar-refractivity contribution in [2.75, 3.05) is 37.6 Å². The molecule has 0 radical (unpaired) electrons. The van der Waals surface area contributed by atoms with E-state index in [2.05, 4.69) is 0 Å². The van der Waals surface area contributed by atoms with Crippen molar-refractivity contribution in [3.63, 3.8) is 0 Å². The third-order valence-corrected chi connectivity index (χ3v) is 8.56. The van der Waals surface area contributed by atoms with Gasteiger partial charge >= 0.3 is 0 Å². The number of aryl methyl sites for hydroxylation is 1. The summed E-state index contributed by atoms with van der Waals surface area (Å²) >= 11 is 6.01. The van der Waals surface area contributed by atoms with Crippen LogP contribution in [0.2, 0.25) is 5.02 Å². The standard InChI is InChI=1S/C22H21ClFN3O4S/c23-17-2-1-3-18(24)20(17)22(29)25-8-10-26(11-9-25)32(30,31)16-12-14-4-5-19(28)27-7-6-15(13-16)21(14)27/h1-3,12-13H,4-11H2.